The summed E-state index contributed by atoms with van der Waals surface area (Å²) in [5.74, 6) is -0.867. The lowest BCUT2D eigenvalue weighted by molar-refractivity contribution is -0.143. The Bertz CT molecular complexity index is 1150. The molecule has 1 heterocycles. The second-order valence-corrected chi connectivity index (χ2v) is 8.85. The standard InChI is InChI=1S/C28H29NO2/c30-28(31)22-9-5-17-29(19-22)18-6-12-25-23-10-3-1-7-20(23)13-15-26-24-11-4-2-8-21(24)14-16-27(25)26/h1-4,7-8,10-12,14,16,22H,5-6,9,13,15,17-19H2,(H,30,31)/t22-/m1/s1. The van der Waals surface area contributed by atoms with E-state index in [0.717, 1.165) is 45.2 Å². The van der Waals surface area contributed by atoms with E-state index in [1.807, 2.05) is 0 Å². The second-order valence-electron chi connectivity index (χ2n) is 8.85. The first kappa shape index (κ1) is 20.0. The van der Waals surface area contributed by atoms with Gasteiger partial charge in [0.15, 0.2) is 0 Å². The van der Waals surface area contributed by atoms with E-state index >= 15 is 0 Å². The predicted octanol–water partition coefficient (Wildman–Crippen LogP) is 5.56. The number of rotatable bonds is 4. The first-order valence-electron chi connectivity index (χ1n) is 11.5. The number of hydrogen-bond acceptors (Lipinski definition) is 2. The summed E-state index contributed by atoms with van der Waals surface area (Å²) < 4.78 is 0. The molecule has 1 N–H and O–H groups in total. The Kier molecular flexibility index (Phi) is 5.61. The number of carbonyl (C=O) groups is 1. The van der Waals surface area contributed by atoms with Crippen LogP contribution in [0.1, 0.15) is 41.5 Å². The Morgan fingerprint density at radius 2 is 1.84 bits per heavy atom. The van der Waals surface area contributed by atoms with Crippen molar-refractivity contribution in [1.82, 2.24) is 4.90 Å². The lowest BCUT2D eigenvalue weighted by Crippen LogP contribution is -2.39. The fourth-order valence-electron chi connectivity index (χ4n) is 5.34. The molecule has 3 aromatic rings. The van der Waals surface area contributed by atoms with Crippen molar-refractivity contribution in [2.75, 3.05) is 19.6 Å². The van der Waals surface area contributed by atoms with E-state index in [-0.39, 0.29) is 5.92 Å². The summed E-state index contributed by atoms with van der Waals surface area (Å²) in [6, 6.07) is 22.1. The zero-order chi connectivity index (χ0) is 21.2. The highest BCUT2D eigenvalue weighted by Crippen LogP contribution is 2.37. The first-order valence-corrected chi connectivity index (χ1v) is 11.5. The molecule has 0 saturated carbocycles. The SMILES string of the molecule is O=C(O)[C@@H]1CCCN(CCC=C2c3ccccc3CCc3c2ccc2ccccc32)C1. The summed E-state index contributed by atoms with van der Waals surface area (Å²) in [5, 5.41) is 12.0. The smallest absolute Gasteiger partial charge is 0.307 e. The van der Waals surface area contributed by atoms with E-state index in [4.69, 9.17) is 0 Å². The maximum Gasteiger partial charge on any atom is 0.307 e. The van der Waals surface area contributed by atoms with Crippen LogP contribution < -0.4 is 0 Å². The molecule has 158 valence electrons. The van der Waals surface area contributed by atoms with Gasteiger partial charge in [0.1, 0.15) is 0 Å². The summed E-state index contributed by atoms with van der Waals surface area (Å²) in [6.45, 7) is 2.60. The minimum atomic E-state index is -0.651. The normalized spacial score (nSPS) is 20.3. The molecule has 0 aromatic heterocycles. The van der Waals surface area contributed by atoms with E-state index in [1.165, 1.54) is 38.6 Å². The molecular formula is C28H29NO2. The van der Waals surface area contributed by atoms with E-state index in [1.54, 1.807) is 0 Å². The minimum absolute atomic E-state index is 0.216. The molecule has 0 radical (unpaired) electrons. The quantitative estimate of drug-likeness (QED) is 0.611. The van der Waals surface area contributed by atoms with Crippen LogP contribution in [0.15, 0.2) is 66.7 Å². The highest BCUT2D eigenvalue weighted by molar-refractivity contribution is 5.94. The van der Waals surface area contributed by atoms with Crippen LogP contribution in [-0.2, 0) is 17.6 Å². The molecule has 3 heteroatoms. The van der Waals surface area contributed by atoms with Gasteiger partial charge in [0.25, 0.3) is 0 Å². The van der Waals surface area contributed by atoms with Crippen molar-refractivity contribution >= 4 is 22.3 Å². The van der Waals surface area contributed by atoms with Crippen LogP contribution in [0.4, 0.5) is 0 Å². The van der Waals surface area contributed by atoms with Crippen LogP contribution in [0.5, 0.6) is 0 Å². The fraction of sp³-hybridized carbons (Fsp3) is 0.321. The summed E-state index contributed by atoms with van der Waals surface area (Å²) in [4.78, 5) is 13.7. The Morgan fingerprint density at radius 3 is 2.74 bits per heavy atom. The molecular weight excluding hydrogens is 382 g/mol. The van der Waals surface area contributed by atoms with Gasteiger partial charge in [-0.3, -0.25) is 4.79 Å². The van der Waals surface area contributed by atoms with E-state index < -0.39 is 5.97 Å². The molecule has 1 atom stereocenters. The molecule has 5 rings (SSSR count). The van der Waals surface area contributed by atoms with Crippen LogP contribution in [-0.4, -0.2) is 35.6 Å². The van der Waals surface area contributed by atoms with Crippen LogP contribution in [0.2, 0.25) is 0 Å². The molecule has 0 amide bonds. The predicted molar refractivity (Wildman–Crippen MR) is 126 cm³/mol. The molecule has 1 aliphatic heterocycles. The van der Waals surface area contributed by atoms with Gasteiger partial charge in [-0.05, 0) is 77.2 Å². The molecule has 0 bridgehead atoms. The Labute approximate surface area is 184 Å². The molecule has 1 aliphatic carbocycles. The van der Waals surface area contributed by atoms with Crippen LogP contribution in [0.25, 0.3) is 16.3 Å². The maximum absolute atomic E-state index is 11.4. The number of carboxylic acid groups (broad SMARTS) is 1. The highest BCUT2D eigenvalue weighted by Gasteiger charge is 2.25. The first-order chi connectivity index (χ1) is 15.2. The maximum atomic E-state index is 11.4. The minimum Gasteiger partial charge on any atom is -0.481 e. The van der Waals surface area contributed by atoms with Gasteiger partial charge in [-0.1, -0.05) is 66.7 Å². The van der Waals surface area contributed by atoms with E-state index in [0.29, 0.717) is 6.54 Å². The van der Waals surface area contributed by atoms with Crippen molar-refractivity contribution < 1.29 is 9.90 Å². The Hall–Kier alpha value is -2.91. The lowest BCUT2D eigenvalue weighted by Gasteiger charge is -2.30. The molecule has 0 spiro atoms. The van der Waals surface area contributed by atoms with Gasteiger partial charge in [0.2, 0.25) is 0 Å². The van der Waals surface area contributed by atoms with Gasteiger partial charge in [-0.25, -0.2) is 0 Å². The molecule has 1 saturated heterocycles. The molecule has 0 unspecified atom stereocenters. The largest absolute Gasteiger partial charge is 0.481 e. The number of fused-ring (bicyclic) bond motifs is 4. The number of piperidine rings is 1. The van der Waals surface area contributed by atoms with Gasteiger partial charge >= 0.3 is 5.97 Å². The Morgan fingerprint density at radius 1 is 1.00 bits per heavy atom. The molecule has 3 nitrogen and oxygen atoms in total. The summed E-state index contributed by atoms with van der Waals surface area (Å²) in [7, 11) is 0. The average Bonchev–Trinajstić information content (AvgIpc) is 2.96. The van der Waals surface area contributed by atoms with E-state index in [9.17, 15) is 9.90 Å². The van der Waals surface area contributed by atoms with Crippen LogP contribution in [0, 0.1) is 5.92 Å². The van der Waals surface area contributed by atoms with Crippen LogP contribution in [0.3, 0.4) is 0 Å². The lowest BCUT2D eigenvalue weighted by atomic mass is 9.90. The third-order valence-corrected chi connectivity index (χ3v) is 6.93. The summed E-state index contributed by atoms with van der Waals surface area (Å²) in [6.07, 6.45) is 7.22. The Balaban J connectivity index is 1.48. The number of likely N-dealkylation sites (tertiary alicyclic amines) is 1. The third-order valence-electron chi connectivity index (χ3n) is 6.93. The number of carboxylic acids is 1. The van der Waals surface area contributed by atoms with E-state index in [2.05, 4.69) is 71.6 Å². The second kappa shape index (κ2) is 8.68. The number of hydrogen-bond donors (Lipinski definition) is 1. The topological polar surface area (TPSA) is 40.5 Å². The van der Waals surface area contributed by atoms with Crippen molar-refractivity contribution in [1.29, 1.82) is 0 Å². The highest BCUT2D eigenvalue weighted by atomic mass is 16.4. The van der Waals surface area contributed by atoms with Gasteiger partial charge < -0.3 is 10.0 Å². The number of nitrogens with zero attached hydrogens (tertiary/aromatic N) is 1. The van der Waals surface area contributed by atoms with Gasteiger partial charge in [-0.15, -0.1) is 0 Å². The number of aliphatic carboxylic acids is 1. The molecule has 31 heavy (non-hydrogen) atoms. The van der Waals surface area contributed by atoms with Crippen LogP contribution >= 0.6 is 0 Å². The molecule has 1 fully saturated rings. The monoisotopic (exact) mass is 411 g/mol. The summed E-state index contributed by atoms with van der Waals surface area (Å²) in [5.41, 5.74) is 6.90. The number of aryl methyl sites for hydroxylation is 2. The van der Waals surface area contributed by atoms with Gasteiger partial charge in [0, 0.05) is 13.1 Å². The zero-order valence-electron chi connectivity index (χ0n) is 17.9. The van der Waals surface area contributed by atoms with Crippen molar-refractivity contribution in [3.63, 3.8) is 0 Å². The van der Waals surface area contributed by atoms with Crippen molar-refractivity contribution in [2.45, 2.75) is 32.1 Å². The van der Waals surface area contributed by atoms with Gasteiger partial charge in [0.05, 0.1) is 5.92 Å². The number of benzene rings is 3. The average molecular weight is 412 g/mol. The molecule has 3 aromatic carbocycles. The molecule has 2 aliphatic rings. The van der Waals surface area contributed by atoms with Gasteiger partial charge in [-0.2, -0.15) is 0 Å². The summed E-state index contributed by atoms with van der Waals surface area (Å²) >= 11 is 0. The van der Waals surface area contributed by atoms with Crippen molar-refractivity contribution in [3.05, 3.63) is 89.0 Å². The fourth-order valence-corrected chi connectivity index (χ4v) is 5.34. The van der Waals surface area contributed by atoms with Crippen molar-refractivity contribution in [3.8, 4) is 0 Å². The van der Waals surface area contributed by atoms with Crippen molar-refractivity contribution in [2.24, 2.45) is 5.92 Å². The zero-order valence-corrected chi connectivity index (χ0v) is 17.9. The third kappa shape index (κ3) is 4.03.